The first kappa shape index (κ1) is 15.0. The van der Waals surface area contributed by atoms with Gasteiger partial charge < -0.3 is 20.5 Å². The topological polar surface area (TPSA) is 70.6 Å². The van der Waals surface area contributed by atoms with Crippen LogP contribution in [-0.4, -0.2) is 30.4 Å². The lowest BCUT2D eigenvalue weighted by molar-refractivity contribution is 0.222. The zero-order valence-corrected chi connectivity index (χ0v) is 11.1. The van der Waals surface area contributed by atoms with Gasteiger partial charge in [-0.15, -0.1) is 0 Å². The first-order chi connectivity index (χ1) is 9.19. The van der Waals surface area contributed by atoms with E-state index >= 15 is 0 Å². The van der Waals surface area contributed by atoms with Gasteiger partial charge in [-0.1, -0.05) is 25.6 Å². The Morgan fingerprint density at radius 2 is 2.37 bits per heavy atom. The smallest absolute Gasteiger partial charge is 0.319 e. The first-order valence-electron chi connectivity index (χ1n) is 6.21. The van der Waals surface area contributed by atoms with Crippen molar-refractivity contribution in [1.29, 1.82) is 0 Å². The lowest BCUT2D eigenvalue weighted by Gasteiger charge is -2.15. The lowest BCUT2D eigenvalue weighted by atomic mass is 10.2. The van der Waals surface area contributed by atoms with E-state index in [1.807, 2.05) is 6.92 Å². The summed E-state index contributed by atoms with van der Waals surface area (Å²) in [4.78, 5) is 11.7. The van der Waals surface area contributed by atoms with Gasteiger partial charge in [-0.05, 0) is 18.6 Å². The normalized spacial score (nSPS) is 11.5. The van der Waals surface area contributed by atoms with E-state index in [1.165, 1.54) is 0 Å². The maximum atomic E-state index is 11.7. The van der Waals surface area contributed by atoms with E-state index in [4.69, 9.17) is 9.84 Å². The van der Waals surface area contributed by atoms with Gasteiger partial charge in [-0.2, -0.15) is 0 Å². The predicted octanol–water partition coefficient (Wildman–Crippen LogP) is 2.14. The average molecular weight is 264 g/mol. The molecule has 0 bridgehead atoms. The molecule has 1 aromatic rings. The molecule has 5 nitrogen and oxygen atoms in total. The Morgan fingerprint density at radius 3 is 3.00 bits per heavy atom. The Hall–Kier alpha value is -2.01. The van der Waals surface area contributed by atoms with Gasteiger partial charge in [0.2, 0.25) is 0 Å². The minimum Gasteiger partial charge on any atom is -0.489 e. The second kappa shape index (κ2) is 8.16. The molecule has 104 valence electrons. The van der Waals surface area contributed by atoms with Crippen LogP contribution in [0.4, 0.5) is 10.5 Å². The van der Waals surface area contributed by atoms with Crippen LogP contribution in [0.15, 0.2) is 36.9 Å². The number of carbonyl (C=O) groups is 1. The molecule has 1 unspecified atom stereocenters. The summed E-state index contributed by atoms with van der Waals surface area (Å²) in [6.07, 6.45) is 2.33. The maximum absolute atomic E-state index is 11.7. The third-order valence-electron chi connectivity index (χ3n) is 2.51. The second-order valence-electron chi connectivity index (χ2n) is 4.01. The largest absolute Gasteiger partial charge is 0.489 e. The molecule has 0 aliphatic heterocycles. The van der Waals surface area contributed by atoms with Gasteiger partial charge in [0.15, 0.2) is 0 Å². The van der Waals surface area contributed by atoms with E-state index < -0.39 is 0 Å². The quantitative estimate of drug-likeness (QED) is 0.661. The van der Waals surface area contributed by atoms with E-state index in [-0.39, 0.29) is 18.7 Å². The van der Waals surface area contributed by atoms with Crippen molar-refractivity contribution >= 4 is 11.7 Å². The molecule has 3 N–H and O–H groups in total. The molecular weight excluding hydrogens is 244 g/mol. The molecule has 0 heterocycles. The minimum atomic E-state index is -0.346. The molecule has 1 rings (SSSR count). The number of rotatable bonds is 7. The van der Waals surface area contributed by atoms with E-state index in [2.05, 4.69) is 17.2 Å². The average Bonchev–Trinajstić information content (AvgIpc) is 2.43. The molecule has 0 fully saturated rings. The highest BCUT2D eigenvalue weighted by molar-refractivity contribution is 5.89. The minimum absolute atomic E-state index is 0.0770. The van der Waals surface area contributed by atoms with Gasteiger partial charge in [0.05, 0.1) is 12.6 Å². The lowest BCUT2D eigenvalue weighted by Crippen LogP contribution is -2.39. The summed E-state index contributed by atoms with van der Waals surface area (Å²) in [5.74, 6) is 0.659. The van der Waals surface area contributed by atoms with E-state index in [9.17, 15) is 4.79 Å². The number of ether oxygens (including phenoxy) is 1. The molecule has 0 radical (unpaired) electrons. The van der Waals surface area contributed by atoms with Crippen LogP contribution in [0.2, 0.25) is 0 Å². The van der Waals surface area contributed by atoms with Crippen LogP contribution in [0.5, 0.6) is 5.75 Å². The fourth-order valence-corrected chi connectivity index (χ4v) is 1.45. The number of nitrogens with one attached hydrogen (secondary N) is 2. The van der Waals surface area contributed by atoms with E-state index in [0.29, 0.717) is 24.5 Å². The molecule has 0 aromatic heterocycles. The standard InChI is InChI=1S/C14H20N2O3/c1-3-8-19-13-7-5-6-12(9-13)16-14(18)15-11(4-2)10-17/h3,5-7,9,11,17H,1,4,8,10H2,2H3,(H2,15,16,18). The van der Waals surface area contributed by atoms with Crippen LogP contribution < -0.4 is 15.4 Å². The number of aliphatic hydroxyl groups is 1. The number of hydrogen-bond acceptors (Lipinski definition) is 3. The van der Waals surface area contributed by atoms with Gasteiger partial charge in [0, 0.05) is 11.8 Å². The van der Waals surface area contributed by atoms with Crippen molar-refractivity contribution in [3.8, 4) is 5.75 Å². The Morgan fingerprint density at radius 1 is 1.58 bits per heavy atom. The highest BCUT2D eigenvalue weighted by Crippen LogP contribution is 2.17. The molecule has 0 saturated carbocycles. The monoisotopic (exact) mass is 264 g/mol. The summed E-state index contributed by atoms with van der Waals surface area (Å²) in [6, 6.07) is 6.50. The predicted molar refractivity (Wildman–Crippen MR) is 75.5 cm³/mol. The van der Waals surface area contributed by atoms with Crippen LogP contribution in [0, 0.1) is 0 Å². The van der Waals surface area contributed by atoms with Gasteiger partial charge in [0.25, 0.3) is 0 Å². The summed E-state index contributed by atoms with van der Waals surface area (Å²) in [5, 5.41) is 14.4. The van der Waals surface area contributed by atoms with Crippen molar-refractivity contribution in [1.82, 2.24) is 5.32 Å². The number of hydrogen-bond donors (Lipinski definition) is 3. The molecule has 0 aliphatic carbocycles. The highest BCUT2D eigenvalue weighted by Gasteiger charge is 2.09. The summed E-state index contributed by atoms with van der Waals surface area (Å²) >= 11 is 0. The molecular formula is C14H20N2O3. The van der Waals surface area contributed by atoms with E-state index in [0.717, 1.165) is 0 Å². The van der Waals surface area contributed by atoms with E-state index in [1.54, 1.807) is 30.3 Å². The second-order valence-corrected chi connectivity index (χ2v) is 4.01. The van der Waals surface area contributed by atoms with Crippen LogP contribution in [0.1, 0.15) is 13.3 Å². The number of carbonyl (C=O) groups excluding carboxylic acids is 1. The Bertz CT molecular complexity index is 417. The highest BCUT2D eigenvalue weighted by atomic mass is 16.5. The molecule has 0 aliphatic rings. The molecule has 0 saturated heterocycles. The molecule has 0 spiro atoms. The van der Waals surface area contributed by atoms with Crippen molar-refractivity contribution in [3.63, 3.8) is 0 Å². The summed E-state index contributed by atoms with van der Waals surface area (Å²) < 4.78 is 5.37. The van der Waals surface area contributed by atoms with Gasteiger partial charge in [0.1, 0.15) is 12.4 Å². The summed E-state index contributed by atoms with van der Waals surface area (Å²) in [5.41, 5.74) is 0.631. The molecule has 5 heteroatoms. The summed E-state index contributed by atoms with van der Waals surface area (Å²) in [6.45, 7) is 5.80. The zero-order chi connectivity index (χ0) is 14.1. The third-order valence-corrected chi connectivity index (χ3v) is 2.51. The Labute approximate surface area is 113 Å². The zero-order valence-electron chi connectivity index (χ0n) is 11.1. The van der Waals surface area contributed by atoms with Gasteiger partial charge >= 0.3 is 6.03 Å². The maximum Gasteiger partial charge on any atom is 0.319 e. The van der Waals surface area contributed by atoms with Gasteiger partial charge in [-0.25, -0.2) is 4.79 Å². The van der Waals surface area contributed by atoms with Gasteiger partial charge in [-0.3, -0.25) is 0 Å². The fourth-order valence-electron chi connectivity index (χ4n) is 1.45. The molecule has 1 atom stereocenters. The molecule has 19 heavy (non-hydrogen) atoms. The van der Waals surface area contributed by atoms with Crippen molar-refractivity contribution in [2.45, 2.75) is 19.4 Å². The SMILES string of the molecule is C=CCOc1cccc(NC(=O)NC(CC)CO)c1. The first-order valence-corrected chi connectivity index (χ1v) is 6.21. The van der Waals surface area contributed by atoms with Crippen LogP contribution >= 0.6 is 0 Å². The fraction of sp³-hybridized carbons (Fsp3) is 0.357. The number of aliphatic hydroxyl groups excluding tert-OH is 1. The van der Waals surface area contributed by atoms with Crippen molar-refractivity contribution in [3.05, 3.63) is 36.9 Å². The van der Waals surface area contributed by atoms with Crippen molar-refractivity contribution < 1.29 is 14.6 Å². The number of anilines is 1. The molecule has 1 aromatic carbocycles. The Kier molecular flexibility index (Phi) is 6.46. The summed E-state index contributed by atoms with van der Waals surface area (Å²) in [7, 11) is 0. The Balaban J connectivity index is 2.56. The number of benzene rings is 1. The van der Waals surface area contributed by atoms with Crippen LogP contribution in [0.25, 0.3) is 0 Å². The number of urea groups is 1. The molecule has 2 amide bonds. The van der Waals surface area contributed by atoms with Crippen molar-refractivity contribution in [2.24, 2.45) is 0 Å². The van der Waals surface area contributed by atoms with Crippen LogP contribution in [-0.2, 0) is 0 Å². The third kappa shape index (κ3) is 5.44. The van der Waals surface area contributed by atoms with Crippen molar-refractivity contribution in [2.75, 3.05) is 18.5 Å². The number of amides is 2. The van der Waals surface area contributed by atoms with Crippen LogP contribution in [0.3, 0.4) is 0 Å².